The number of ether oxygens (including phenoxy) is 1. The van der Waals surface area contributed by atoms with Crippen LogP contribution in [-0.2, 0) is 11.4 Å². The normalized spacial score (nSPS) is 14.9. The Balaban J connectivity index is 2.69. The van der Waals surface area contributed by atoms with E-state index in [1.165, 1.54) is 32.9 Å². The number of hydrogen-bond donors (Lipinski definition) is 0. The van der Waals surface area contributed by atoms with Gasteiger partial charge in [-0.3, -0.25) is 0 Å². The Kier molecular flexibility index (Phi) is 8.67. The van der Waals surface area contributed by atoms with E-state index in [0.29, 0.717) is 12.8 Å². The van der Waals surface area contributed by atoms with Crippen molar-refractivity contribution in [1.82, 2.24) is 0 Å². The summed E-state index contributed by atoms with van der Waals surface area (Å²) in [5.41, 5.74) is -1.48. The molecule has 0 radical (unpaired) electrons. The molecule has 0 aliphatic heterocycles. The van der Waals surface area contributed by atoms with Crippen LogP contribution in [0.2, 0.25) is 0 Å². The molecule has 0 unspecified atom stereocenters. The molecule has 0 fully saturated rings. The molecule has 0 aliphatic carbocycles. The van der Waals surface area contributed by atoms with Crippen molar-refractivity contribution in [3.63, 3.8) is 0 Å². The van der Waals surface area contributed by atoms with Crippen LogP contribution in [0.4, 0.5) is 26.3 Å². The molecule has 0 N–H and O–H groups in total. The number of nitrogens with zero attached hydrogens (tertiary/aromatic N) is 1. The lowest BCUT2D eigenvalue weighted by Gasteiger charge is -2.20. The van der Waals surface area contributed by atoms with E-state index in [1.54, 1.807) is 0 Å². The first-order valence-electron chi connectivity index (χ1n) is 8.58. The Morgan fingerprint density at radius 3 is 2.00 bits per heavy atom. The van der Waals surface area contributed by atoms with Gasteiger partial charge >= 0.3 is 12.4 Å². The van der Waals surface area contributed by atoms with Gasteiger partial charge in [-0.25, -0.2) is 0 Å². The summed E-state index contributed by atoms with van der Waals surface area (Å²) in [7, 11) is 0. The zero-order valence-corrected chi connectivity index (χ0v) is 16.6. The van der Waals surface area contributed by atoms with Crippen LogP contribution in [0.3, 0.4) is 0 Å². The van der Waals surface area contributed by atoms with Crippen LogP contribution in [0.1, 0.15) is 52.0 Å². The van der Waals surface area contributed by atoms with Crippen molar-refractivity contribution in [3.8, 4) is 5.75 Å². The number of alkyl halides is 6. The van der Waals surface area contributed by atoms with Crippen LogP contribution in [-0.4, -0.2) is 34.0 Å². The van der Waals surface area contributed by atoms with E-state index >= 15 is 0 Å². The number of halogens is 6. The second-order valence-electron chi connectivity index (χ2n) is 7.10. The second kappa shape index (κ2) is 9.87. The monoisotopic (exact) mass is 431 g/mol. The van der Waals surface area contributed by atoms with Crippen molar-refractivity contribution in [1.29, 1.82) is 0 Å². The Bertz CT molecular complexity index is 635. The van der Waals surface area contributed by atoms with Gasteiger partial charge in [-0.1, -0.05) is 4.40 Å². The highest BCUT2D eigenvalue weighted by Crippen LogP contribution is 2.28. The van der Waals surface area contributed by atoms with E-state index in [-0.39, 0.29) is 24.3 Å². The summed E-state index contributed by atoms with van der Waals surface area (Å²) in [6.45, 7) is 4.72. The third-order valence-electron chi connectivity index (χ3n) is 3.47. The van der Waals surface area contributed by atoms with Crippen molar-refractivity contribution < 1.29 is 35.6 Å². The first-order chi connectivity index (χ1) is 12.7. The van der Waals surface area contributed by atoms with Crippen molar-refractivity contribution in [2.24, 2.45) is 4.40 Å². The first kappa shape index (κ1) is 24.6. The van der Waals surface area contributed by atoms with E-state index in [1.807, 2.05) is 0 Å². The van der Waals surface area contributed by atoms with E-state index in [4.69, 9.17) is 4.74 Å². The zero-order chi connectivity index (χ0) is 21.6. The fourth-order valence-corrected chi connectivity index (χ4v) is 2.64. The fourth-order valence-electron chi connectivity index (χ4n) is 1.99. The van der Waals surface area contributed by atoms with Crippen LogP contribution in [0.25, 0.3) is 0 Å². The molecule has 0 aliphatic rings. The SMILES string of the molecule is CC(C)(C)[S@+]([O-])/N=C(\c1ccc(OCCCCCC(F)(F)F)cc1)C(F)(F)F. The Morgan fingerprint density at radius 2 is 1.54 bits per heavy atom. The molecule has 1 aromatic carbocycles. The maximum Gasteiger partial charge on any atom is 0.438 e. The highest BCUT2D eigenvalue weighted by Gasteiger charge is 2.41. The molecule has 1 rings (SSSR count). The molecule has 0 bridgehead atoms. The molecule has 0 aromatic heterocycles. The maximum atomic E-state index is 13.3. The molecule has 0 saturated carbocycles. The summed E-state index contributed by atoms with van der Waals surface area (Å²) in [6, 6.07) is 4.94. The molecule has 160 valence electrons. The molecule has 0 saturated heterocycles. The van der Waals surface area contributed by atoms with Crippen LogP contribution in [0.5, 0.6) is 5.75 Å². The summed E-state index contributed by atoms with van der Waals surface area (Å²) in [5.74, 6) is 0.290. The number of unbranched alkanes of at least 4 members (excludes halogenated alkanes) is 2. The van der Waals surface area contributed by atoms with Crippen molar-refractivity contribution in [3.05, 3.63) is 29.8 Å². The largest absolute Gasteiger partial charge is 0.591 e. The first-order valence-corrected chi connectivity index (χ1v) is 9.69. The second-order valence-corrected chi connectivity index (χ2v) is 9.00. The molecule has 10 heteroatoms. The van der Waals surface area contributed by atoms with E-state index in [2.05, 4.69) is 4.40 Å². The lowest BCUT2D eigenvalue weighted by molar-refractivity contribution is -0.135. The predicted octanol–water partition coefficient (Wildman–Crippen LogP) is 6.00. The molecule has 0 amide bonds. The van der Waals surface area contributed by atoms with Gasteiger partial charge in [0.1, 0.15) is 21.9 Å². The summed E-state index contributed by atoms with van der Waals surface area (Å²) in [4.78, 5) is 0. The van der Waals surface area contributed by atoms with Crippen molar-refractivity contribution >= 4 is 17.1 Å². The third kappa shape index (κ3) is 9.18. The topological polar surface area (TPSA) is 44.7 Å². The van der Waals surface area contributed by atoms with Gasteiger partial charge in [-0.05, 0) is 64.3 Å². The van der Waals surface area contributed by atoms with Crippen LogP contribution >= 0.6 is 0 Å². The molecule has 1 atom stereocenters. The Morgan fingerprint density at radius 1 is 0.964 bits per heavy atom. The van der Waals surface area contributed by atoms with Gasteiger partial charge in [0.2, 0.25) is 5.71 Å². The Hall–Kier alpha value is -1.42. The number of hydrogen-bond acceptors (Lipinski definition) is 3. The van der Waals surface area contributed by atoms with Gasteiger partial charge in [0.25, 0.3) is 0 Å². The van der Waals surface area contributed by atoms with Gasteiger partial charge in [0, 0.05) is 12.0 Å². The Labute approximate surface area is 163 Å². The quantitative estimate of drug-likeness (QED) is 0.219. The highest BCUT2D eigenvalue weighted by molar-refractivity contribution is 7.91. The van der Waals surface area contributed by atoms with E-state index in [9.17, 15) is 30.9 Å². The molecule has 1 aromatic rings. The standard InChI is InChI=1S/C18H23F6NO2S/c1-16(2,3)28(26)25-15(18(22,23)24)13-7-9-14(10-8-13)27-12-6-4-5-11-17(19,20)21/h7-10H,4-6,11-12H2,1-3H3/b25-15+/t28-/m0/s1. The van der Waals surface area contributed by atoms with Gasteiger partial charge in [-0.2, -0.15) is 26.3 Å². The van der Waals surface area contributed by atoms with Crippen LogP contribution < -0.4 is 4.74 Å². The molecule has 0 spiro atoms. The van der Waals surface area contributed by atoms with Gasteiger partial charge in [0.05, 0.1) is 6.61 Å². The molecular weight excluding hydrogens is 408 g/mol. The van der Waals surface area contributed by atoms with Gasteiger partial charge in [0.15, 0.2) is 0 Å². The maximum absolute atomic E-state index is 13.3. The van der Waals surface area contributed by atoms with E-state index < -0.39 is 40.6 Å². The van der Waals surface area contributed by atoms with Crippen LogP contribution in [0.15, 0.2) is 28.7 Å². The minimum atomic E-state index is -4.78. The number of rotatable bonds is 8. The average molecular weight is 431 g/mol. The molecule has 28 heavy (non-hydrogen) atoms. The smallest absolute Gasteiger partial charge is 0.438 e. The molecule has 3 nitrogen and oxygen atoms in total. The molecular formula is C18H23F6NO2S. The summed E-state index contributed by atoms with van der Waals surface area (Å²) in [6.07, 6.45) is -9.06. The summed E-state index contributed by atoms with van der Waals surface area (Å²) < 4.78 is 95.7. The third-order valence-corrected chi connectivity index (χ3v) is 4.86. The minimum Gasteiger partial charge on any atom is -0.591 e. The fraction of sp³-hybridized carbons (Fsp3) is 0.611. The molecule has 0 heterocycles. The number of benzene rings is 1. The summed E-state index contributed by atoms with van der Waals surface area (Å²) in [5, 5.41) is 0. The lowest BCUT2D eigenvalue weighted by atomic mass is 10.1. The predicted molar refractivity (Wildman–Crippen MR) is 96.9 cm³/mol. The lowest BCUT2D eigenvalue weighted by Crippen LogP contribution is -2.31. The zero-order valence-electron chi connectivity index (χ0n) is 15.8. The summed E-state index contributed by atoms with van der Waals surface area (Å²) >= 11 is -2.08. The average Bonchev–Trinajstić information content (AvgIpc) is 2.53. The minimum absolute atomic E-state index is 0.00210. The van der Waals surface area contributed by atoms with Crippen molar-refractivity contribution in [2.75, 3.05) is 6.61 Å². The highest BCUT2D eigenvalue weighted by atomic mass is 32.2. The van der Waals surface area contributed by atoms with Gasteiger partial charge in [-0.15, -0.1) is 0 Å². The van der Waals surface area contributed by atoms with Gasteiger partial charge < -0.3 is 9.29 Å². The van der Waals surface area contributed by atoms with Crippen LogP contribution in [0, 0.1) is 0 Å². The van der Waals surface area contributed by atoms with E-state index in [0.717, 1.165) is 12.1 Å². The van der Waals surface area contributed by atoms with Crippen molar-refractivity contribution in [2.45, 2.75) is 63.6 Å².